The SMILES string of the molecule is CN=C(NCc1cccc(N(C)C)n1)NC1CCN(c2ccc(C)cc2)C1. The molecule has 1 saturated heterocycles. The second kappa shape index (κ2) is 8.75. The molecule has 0 bridgehead atoms. The molecule has 6 nitrogen and oxygen atoms in total. The smallest absolute Gasteiger partial charge is 0.191 e. The van der Waals surface area contributed by atoms with E-state index in [-0.39, 0.29) is 0 Å². The quantitative estimate of drug-likeness (QED) is 0.629. The van der Waals surface area contributed by atoms with Crippen molar-refractivity contribution in [3.05, 3.63) is 53.7 Å². The van der Waals surface area contributed by atoms with Crippen molar-refractivity contribution in [2.45, 2.75) is 25.9 Å². The van der Waals surface area contributed by atoms with Crippen LogP contribution in [0.1, 0.15) is 17.7 Å². The maximum Gasteiger partial charge on any atom is 0.191 e. The van der Waals surface area contributed by atoms with Crippen molar-refractivity contribution in [1.82, 2.24) is 15.6 Å². The van der Waals surface area contributed by atoms with Crippen LogP contribution in [0.5, 0.6) is 0 Å². The van der Waals surface area contributed by atoms with E-state index in [0.29, 0.717) is 12.6 Å². The van der Waals surface area contributed by atoms with E-state index in [2.05, 4.69) is 56.7 Å². The van der Waals surface area contributed by atoms with Gasteiger partial charge in [-0.1, -0.05) is 23.8 Å². The third-order valence-electron chi connectivity index (χ3n) is 4.84. The molecule has 1 aliphatic heterocycles. The van der Waals surface area contributed by atoms with Crippen LogP contribution in [0.15, 0.2) is 47.5 Å². The molecule has 27 heavy (non-hydrogen) atoms. The molecule has 6 heteroatoms. The molecule has 3 rings (SSSR count). The summed E-state index contributed by atoms with van der Waals surface area (Å²) < 4.78 is 0. The Bertz CT molecular complexity index is 768. The summed E-state index contributed by atoms with van der Waals surface area (Å²) in [6.45, 7) is 4.81. The van der Waals surface area contributed by atoms with Crippen LogP contribution in [-0.2, 0) is 6.54 Å². The summed E-state index contributed by atoms with van der Waals surface area (Å²) in [6, 6.07) is 15.2. The molecule has 2 heterocycles. The predicted octanol–water partition coefficient (Wildman–Crippen LogP) is 2.40. The maximum atomic E-state index is 4.64. The van der Waals surface area contributed by atoms with Gasteiger partial charge >= 0.3 is 0 Å². The van der Waals surface area contributed by atoms with Gasteiger partial charge in [0.2, 0.25) is 0 Å². The van der Waals surface area contributed by atoms with Gasteiger partial charge in [0, 0.05) is 46.0 Å². The monoisotopic (exact) mass is 366 g/mol. The first-order valence-electron chi connectivity index (χ1n) is 9.47. The second-order valence-electron chi connectivity index (χ2n) is 7.22. The molecule has 1 aromatic heterocycles. The lowest BCUT2D eigenvalue weighted by molar-refractivity contribution is 0.647. The fourth-order valence-corrected chi connectivity index (χ4v) is 3.24. The first-order valence-corrected chi connectivity index (χ1v) is 9.47. The molecule has 1 aliphatic rings. The highest BCUT2D eigenvalue weighted by molar-refractivity contribution is 5.80. The van der Waals surface area contributed by atoms with E-state index in [9.17, 15) is 0 Å². The zero-order valence-electron chi connectivity index (χ0n) is 16.7. The van der Waals surface area contributed by atoms with Crippen molar-refractivity contribution >= 4 is 17.5 Å². The van der Waals surface area contributed by atoms with E-state index >= 15 is 0 Å². The topological polar surface area (TPSA) is 55.8 Å². The Morgan fingerprint density at radius 1 is 1.22 bits per heavy atom. The highest BCUT2D eigenvalue weighted by Gasteiger charge is 2.23. The molecular weight excluding hydrogens is 336 g/mol. The summed E-state index contributed by atoms with van der Waals surface area (Å²) in [6.07, 6.45) is 1.10. The Morgan fingerprint density at radius 2 is 2.00 bits per heavy atom. The van der Waals surface area contributed by atoms with Crippen molar-refractivity contribution in [1.29, 1.82) is 0 Å². The fourth-order valence-electron chi connectivity index (χ4n) is 3.24. The Hall–Kier alpha value is -2.76. The Kier molecular flexibility index (Phi) is 6.16. The van der Waals surface area contributed by atoms with Crippen LogP contribution >= 0.6 is 0 Å². The first-order chi connectivity index (χ1) is 13.0. The van der Waals surface area contributed by atoms with Gasteiger partial charge in [0.15, 0.2) is 5.96 Å². The van der Waals surface area contributed by atoms with E-state index in [1.165, 1.54) is 11.3 Å². The number of aryl methyl sites for hydroxylation is 1. The molecule has 0 radical (unpaired) electrons. The number of anilines is 2. The van der Waals surface area contributed by atoms with Crippen LogP contribution in [-0.4, -0.2) is 51.2 Å². The third kappa shape index (κ3) is 5.12. The van der Waals surface area contributed by atoms with Gasteiger partial charge in [-0.3, -0.25) is 4.99 Å². The van der Waals surface area contributed by atoms with Gasteiger partial charge in [-0.15, -0.1) is 0 Å². The van der Waals surface area contributed by atoms with Gasteiger partial charge in [0.1, 0.15) is 5.82 Å². The standard InChI is InChI=1S/C21H30N6/c1-16-8-10-19(11-9-16)27-13-12-18(15-27)25-21(22-2)23-14-17-6-5-7-20(24-17)26(3)4/h5-11,18H,12-15H2,1-4H3,(H2,22,23,25). The predicted molar refractivity (Wildman–Crippen MR) is 114 cm³/mol. The minimum absolute atomic E-state index is 0.388. The van der Waals surface area contributed by atoms with E-state index in [0.717, 1.165) is 37.0 Å². The number of nitrogens with one attached hydrogen (secondary N) is 2. The summed E-state index contributed by atoms with van der Waals surface area (Å²) >= 11 is 0. The average Bonchev–Trinajstić information content (AvgIpc) is 3.14. The molecule has 2 aromatic rings. The van der Waals surface area contributed by atoms with E-state index < -0.39 is 0 Å². The van der Waals surface area contributed by atoms with Crippen LogP contribution in [0.2, 0.25) is 0 Å². The summed E-state index contributed by atoms with van der Waals surface area (Å²) in [5, 5.41) is 6.92. The zero-order chi connectivity index (χ0) is 19.2. The Labute approximate surface area is 162 Å². The summed E-state index contributed by atoms with van der Waals surface area (Å²) in [5.41, 5.74) is 3.58. The summed E-state index contributed by atoms with van der Waals surface area (Å²) in [4.78, 5) is 13.4. The number of pyridine rings is 1. The van der Waals surface area contributed by atoms with Gasteiger partial charge in [0.05, 0.1) is 12.2 Å². The number of aliphatic imine (C=N–C) groups is 1. The van der Waals surface area contributed by atoms with E-state index in [1.54, 1.807) is 0 Å². The Morgan fingerprint density at radius 3 is 2.70 bits per heavy atom. The third-order valence-corrected chi connectivity index (χ3v) is 4.84. The highest BCUT2D eigenvalue weighted by atomic mass is 15.2. The first kappa shape index (κ1) is 19.0. The number of hydrogen-bond acceptors (Lipinski definition) is 4. The van der Waals surface area contributed by atoms with Crippen LogP contribution in [0.4, 0.5) is 11.5 Å². The maximum absolute atomic E-state index is 4.64. The lowest BCUT2D eigenvalue weighted by atomic mass is 10.2. The fraction of sp³-hybridized carbons (Fsp3) is 0.429. The van der Waals surface area contributed by atoms with Crippen molar-refractivity contribution in [3.63, 3.8) is 0 Å². The van der Waals surface area contributed by atoms with E-state index in [1.807, 2.05) is 44.2 Å². The molecule has 0 spiro atoms. The van der Waals surface area contributed by atoms with Crippen LogP contribution in [0.3, 0.4) is 0 Å². The highest BCUT2D eigenvalue weighted by Crippen LogP contribution is 2.20. The number of aromatic nitrogens is 1. The van der Waals surface area contributed by atoms with Gasteiger partial charge in [-0.25, -0.2) is 4.98 Å². The molecule has 1 aromatic carbocycles. The summed E-state index contributed by atoms with van der Waals surface area (Å²) in [5.74, 6) is 1.78. The number of hydrogen-bond donors (Lipinski definition) is 2. The van der Waals surface area contributed by atoms with Gasteiger partial charge in [0.25, 0.3) is 0 Å². The lowest BCUT2D eigenvalue weighted by Gasteiger charge is -2.20. The van der Waals surface area contributed by atoms with Gasteiger partial charge < -0.3 is 20.4 Å². The van der Waals surface area contributed by atoms with Crippen LogP contribution in [0, 0.1) is 6.92 Å². The molecule has 1 atom stereocenters. The minimum Gasteiger partial charge on any atom is -0.369 e. The largest absolute Gasteiger partial charge is 0.369 e. The molecule has 0 saturated carbocycles. The number of guanidine groups is 1. The van der Waals surface area contributed by atoms with E-state index in [4.69, 9.17) is 0 Å². The van der Waals surface area contributed by atoms with Crippen molar-refractivity contribution in [2.24, 2.45) is 4.99 Å². The minimum atomic E-state index is 0.388. The van der Waals surface area contributed by atoms with Gasteiger partial charge in [-0.05, 0) is 37.6 Å². The lowest BCUT2D eigenvalue weighted by Crippen LogP contribution is -2.44. The molecule has 0 amide bonds. The van der Waals surface area contributed by atoms with Crippen LogP contribution in [0.25, 0.3) is 0 Å². The molecule has 1 fully saturated rings. The zero-order valence-corrected chi connectivity index (χ0v) is 16.7. The molecule has 144 valence electrons. The molecule has 1 unspecified atom stereocenters. The second-order valence-corrected chi connectivity index (χ2v) is 7.22. The average molecular weight is 367 g/mol. The van der Waals surface area contributed by atoms with Crippen LogP contribution < -0.4 is 20.4 Å². The number of nitrogens with zero attached hydrogens (tertiary/aromatic N) is 4. The molecule has 0 aliphatic carbocycles. The van der Waals surface area contributed by atoms with Crippen molar-refractivity contribution in [2.75, 3.05) is 44.0 Å². The number of rotatable bonds is 5. The summed E-state index contributed by atoms with van der Waals surface area (Å²) in [7, 11) is 5.81. The van der Waals surface area contributed by atoms with Crippen molar-refractivity contribution in [3.8, 4) is 0 Å². The van der Waals surface area contributed by atoms with Crippen molar-refractivity contribution < 1.29 is 0 Å². The molecular formula is C21H30N6. The molecule has 2 N–H and O–H groups in total. The number of benzene rings is 1. The normalized spacial score (nSPS) is 17.1. The Balaban J connectivity index is 1.52. The van der Waals surface area contributed by atoms with Gasteiger partial charge in [-0.2, -0.15) is 0 Å².